The van der Waals surface area contributed by atoms with E-state index in [0.717, 1.165) is 32.9 Å². The summed E-state index contributed by atoms with van der Waals surface area (Å²) in [7, 11) is 0. The molecule has 0 saturated heterocycles. The van der Waals surface area contributed by atoms with Gasteiger partial charge in [-0.15, -0.1) is 0 Å². The van der Waals surface area contributed by atoms with Crippen LogP contribution in [0.15, 0.2) is 46.7 Å². The van der Waals surface area contributed by atoms with Gasteiger partial charge in [-0.25, -0.2) is 0 Å². The molecule has 0 saturated carbocycles. The van der Waals surface area contributed by atoms with Gasteiger partial charge in [0, 0.05) is 27.8 Å². The Balaban J connectivity index is 2.42. The van der Waals surface area contributed by atoms with E-state index >= 15 is 0 Å². The van der Waals surface area contributed by atoms with Crippen LogP contribution in [-0.4, -0.2) is 26.4 Å². The van der Waals surface area contributed by atoms with Crippen molar-refractivity contribution in [1.82, 2.24) is 4.57 Å². The summed E-state index contributed by atoms with van der Waals surface area (Å²) in [5.74, 6) is 0. The van der Waals surface area contributed by atoms with Gasteiger partial charge >= 0.3 is 0 Å². The summed E-state index contributed by atoms with van der Waals surface area (Å²) in [4.78, 5) is 0. The van der Waals surface area contributed by atoms with Gasteiger partial charge in [-0.1, -0.05) is 22.4 Å². The predicted octanol–water partition coefficient (Wildman–Crippen LogP) is 4.77. The van der Waals surface area contributed by atoms with Crippen LogP contribution < -0.4 is 0 Å². The Morgan fingerprint density at radius 1 is 0.833 bits per heavy atom. The molecule has 0 atom stereocenters. The average molecular weight is 323 g/mol. The number of fused-ring (bicyclic) bond motifs is 3. The lowest BCUT2D eigenvalue weighted by atomic mass is 10.0. The second-order valence-electron chi connectivity index (χ2n) is 6.30. The lowest BCUT2D eigenvalue weighted by molar-refractivity contribution is 0.319. The lowest BCUT2D eigenvalue weighted by Gasteiger charge is -2.11. The molecule has 1 aromatic heterocycles. The van der Waals surface area contributed by atoms with Crippen LogP contribution in [-0.2, 0) is 0 Å². The van der Waals surface area contributed by atoms with Crippen molar-refractivity contribution >= 4 is 33.2 Å². The standard InChI is InChI=1S/C19H21N3O2/c1-11(2)22-18-7-5-14(12(3)20-23)9-16(18)17-10-15(13(4)21-24)6-8-19(17)22/h5-11,23-24H,1-4H3. The molecule has 124 valence electrons. The summed E-state index contributed by atoms with van der Waals surface area (Å²) < 4.78 is 2.29. The summed E-state index contributed by atoms with van der Waals surface area (Å²) in [5, 5.41) is 26.9. The normalized spacial score (nSPS) is 13.4. The molecule has 0 amide bonds. The van der Waals surface area contributed by atoms with E-state index in [0.29, 0.717) is 17.5 Å². The van der Waals surface area contributed by atoms with Crippen LogP contribution in [0.5, 0.6) is 0 Å². The summed E-state index contributed by atoms with van der Waals surface area (Å²) in [6, 6.07) is 12.5. The molecule has 0 aliphatic carbocycles. The summed E-state index contributed by atoms with van der Waals surface area (Å²) in [5.41, 5.74) is 5.17. The molecular formula is C19H21N3O2. The monoisotopic (exact) mass is 323 g/mol. The van der Waals surface area contributed by atoms with E-state index in [9.17, 15) is 0 Å². The molecule has 3 rings (SSSR count). The van der Waals surface area contributed by atoms with Gasteiger partial charge in [0.1, 0.15) is 0 Å². The molecule has 3 aromatic rings. The summed E-state index contributed by atoms with van der Waals surface area (Å²) in [6.45, 7) is 7.86. The van der Waals surface area contributed by atoms with Gasteiger partial charge in [-0.3, -0.25) is 0 Å². The first-order valence-corrected chi connectivity index (χ1v) is 7.93. The van der Waals surface area contributed by atoms with Crippen molar-refractivity contribution < 1.29 is 10.4 Å². The van der Waals surface area contributed by atoms with Crippen molar-refractivity contribution in [3.8, 4) is 0 Å². The van der Waals surface area contributed by atoms with E-state index < -0.39 is 0 Å². The third kappa shape index (κ3) is 2.42. The van der Waals surface area contributed by atoms with Crippen molar-refractivity contribution in [3.63, 3.8) is 0 Å². The summed E-state index contributed by atoms with van der Waals surface area (Å²) in [6.07, 6.45) is 0. The second kappa shape index (κ2) is 6.00. The van der Waals surface area contributed by atoms with E-state index in [2.05, 4.69) is 40.9 Å². The smallest absolute Gasteiger partial charge is 0.0837 e. The fraction of sp³-hybridized carbons (Fsp3) is 0.263. The summed E-state index contributed by atoms with van der Waals surface area (Å²) >= 11 is 0. The van der Waals surface area contributed by atoms with E-state index in [1.165, 1.54) is 0 Å². The van der Waals surface area contributed by atoms with Gasteiger partial charge in [-0.2, -0.15) is 0 Å². The minimum absolute atomic E-state index is 0.307. The van der Waals surface area contributed by atoms with Crippen molar-refractivity contribution in [2.45, 2.75) is 33.7 Å². The molecule has 0 bridgehead atoms. The molecule has 0 spiro atoms. The number of hydrogen-bond acceptors (Lipinski definition) is 4. The Labute approximate surface area is 140 Å². The first-order chi connectivity index (χ1) is 11.5. The molecule has 0 fully saturated rings. The van der Waals surface area contributed by atoms with Crippen LogP contribution in [0.25, 0.3) is 21.8 Å². The molecule has 5 nitrogen and oxygen atoms in total. The number of benzene rings is 2. The zero-order valence-electron chi connectivity index (χ0n) is 14.3. The Bertz CT molecular complexity index is 906. The van der Waals surface area contributed by atoms with Crippen molar-refractivity contribution in [2.24, 2.45) is 10.3 Å². The van der Waals surface area contributed by atoms with Gasteiger partial charge < -0.3 is 15.0 Å². The number of oxime groups is 2. The third-order valence-electron chi connectivity index (χ3n) is 4.45. The number of nitrogens with zero attached hydrogens (tertiary/aromatic N) is 3. The molecular weight excluding hydrogens is 302 g/mol. The molecule has 1 heterocycles. The lowest BCUT2D eigenvalue weighted by Crippen LogP contribution is -2.01. The van der Waals surface area contributed by atoms with E-state index in [-0.39, 0.29) is 0 Å². The first-order valence-electron chi connectivity index (χ1n) is 7.93. The minimum atomic E-state index is 0.307. The molecule has 2 N–H and O–H groups in total. The van der Waals surface area contributed by atoms with Crippen LogP contribution in [0.4, 0.5) is 0 Å². The fourth-order valence-corrected chi connectivity index (χ4v) is 3.18. The van der Waals surface area contributed by atoms with Crippen molar-refractivity contribution in [2.75, 3.05) is 0 Å². The first kappa shape index (κ1) is 16.1. The maximum atomic E-state index is 9.06. The molecule has 5 heteroatoms. The van der Waals surface area contributed by atoms with Gasteiger partial charge in [0.2, 0.25) is 0 Å². The maximum Gasteiger partial charge on any atom is 0.0837 e. The van der Waals surface area contributed by atoms with Gasteiger partial charge in [0.15, 0.2) is 0 Å². The molecule has 24 heavy (non-hydrogen) atoms. The van der Waals surface area contributed by atoms with Gasteiger partial charge in [0.05, 0.1) is 11.4 Å². The molecule has 0 aliphatic rings. The highest BCUT2D eigenvalue weighted by Gasteiger charge is 2.15. The molecule has 0 aliphatic heterocycles. The van der Waals surface area contributed by atoms with Crippen LogP contribution in [0.3, 0.4) is 0 Å². The largest absolute Gasteiger partial charge is 0.411 e. The van der Waals surface area contributed by atoms with Gasteiger partial charge in [0.25, 0.3) is 0 Å². The SMILES string of the molecule is CC(=NO)c1ccc2c(c1)c1cc(C(C)=NO)ccc1n2C(C)C. The zero-order chi connectivity index (χ0) is 17.4. The van der Waals surface area contributed by atoms with E-state index in [1.807, 2.05) is 24.3 Å². The third-order valence-corrected chi connectivity index (χ3v) is 4.45. The number of hydrogen-bond donors (Lipinski definition) is 2. The zero-order valence-corrected chi connectivity index (χ0v) is 14.3. The Morgan fingerprint density at radius 3 is 1.58 bits per heavy atom. The molecule has 2 aromatic carbocycles. The second-order valence-corrected chi connectivity index (χ2v) is 6.30. The number of aromatic nitrogens is 1. The van der Waals surface area contributed by atoms with E-state index in [1.54, 1.807) is 13.8 Å². The molecule has 0 unspecified atom stereocenters. The topological polar surface area (TPSA) is 70.1 Å². The minimum Gasteiger partial charge on any atom is -0.411 e. The Morgan fingerprint density at radius 2 is 1.25 bits per heavy atom. The Hall–Kier alpha value is -2.82. The molecule has 0 radical (unpaired) electrons. The van der Waals surface area contributed by atoms with Crippen LogP contribution >= 0.6 is 0 Å². The highest BCUT2D eigenvalue weighted by molar-refractivity contribution is 6.13. The maximum absolute atomic E-state index is 9.06. The highest BCUT2D eigenvalue weighted by atomic mass is 16.4. The van der Waals surface area contributed by atoms with E-state index in [4.69, 9.17) is 10.4 Å². The quantitative estimate of drug-likeness (QED) is 0.414. The fourth-order valence-electron chi connectivity index (χ4n) is 3.18. The van der Waals surface area contributed by atoms with Crippen molar-refractivity contribution in [1.29, 1.82) is 0 Å². The van der Waals surface area contributed by atoms with Crippen LogP contribution in [0, 0.1) is 0 Å². The Kier molecular flexibility index (Phi) is 4.01. The van der Waals surface area contributed by atoms with Crippen molar-refractivity contribution in [3.05, 3.63) is 47.5 Å². The van der Waals surface area contributed by atoms with Crippen LogP contribution in [0.2, 0.25) is 0 Å². The average Bonchev–Trinajstić information content (AvgIpc) is 2.93. The highest BCUT2D eigenvalue weighted by Crippen LogP contribution is 2.33. The number of rotatable bonds is 3. The van der Waals surface area contributed by atoms with Crippen LogP contribution in [0.1, 0.15) is 44.9 Å². The predicted molar refractivity (Wildman–Crippen MR) is 97.8 cm³/mol. The van der Waals surface area contributed by atoms with Gasteiger partial charge in [-0.05, 0) is 63.1 Å².